The standard InChI is InChI=1S/3C9H19N.Al/c3*1-8-6-5-7-10(4)9(8,2)3;/h3*8H,5-7H2,1-4H3;. The van der Waals surface area contributed by atoms with Crippen molar-refractivity contribution in [2.75, 3.05) is 40.8 Å². The van der Waals surface area contributed by atoms with Gasteiger partial charge < -0.3 is 14.7 Å². The minimum atomic E-state index is 0. The number of likely N-dealkylation sites (tertiary alicyclic amines) is 3. The zero-order chi connectivity index (χ0) is 23.3. The Morgan fingerprint density at radius 1 is 0.484 bits per heavy atom. The van der Waals surface area contributed by atoms with Gasteiger partial charge in [-0.2, -0.15) is 0 Å². The van der Waals surface area contributed by atoms with E-state index < -0.39 is 0 Å². The maximum atomic E-state index is 2.47. The summed E-state index contributed by atoms with van der Waals surface area (Å²) in [6.45, 7) is 25.0. The van der Waals surface area contributed by atoms with Gasteiger partial charge in [-0.1, -0.05) is 20.8 Å². The molecule has 3 aliphatic heterocycles. The summed E-state index contributed by atoms with van der Waals surface area (Å²) < 4.78 is 0. The number of nitrogens with zero attached hydrogens (tertiary/aromatic N) is 3. The molecule has 3 saturated heterocycles. The first-order chi connectivity index (χ1) is 13.6. The van der Waals surface area contributed by atoms with Gasteiger partial charge in [0.2, 0.25) is 0 Å². The van der Waals surface area contributed by atoms with E-state index in [9.17, 15) is 0 Å². The second kappa shape index (κ2) is 12.8. The van der Waals surface area contributed by atoms with Crippen LogP contribution in [0.25, 0.3) is 0 Å². The molecule has 4 heteroatoms. The van der Waals surface area contributed by atoms with Gasteiger partial charge >= 0.3 is 0 Å². The van der Waals surface area contributed by atoms with E-state index in [2.05, 4.69) is 98.2 Å². The quantitative estimate of drug-likeness (QED) is 0.419. The van der Waals surface area contributed by atoms with Gasteiger partial charge in [-0.3, -0.25) is 0 Å². The van der Waals surface area contributed by atoms with Gasteiger partial charge in [-0.15, -0.1) is 0 Å². The Balaban J connectivity index is 0.000000429. The van der Waals surface area contributed by atoms with E-state index in [1.165, 1.54) is 58.2 Å². The molecular formula is C27H57AlN3. The zero-order valence-electron chi connectivity index (χ0n) is 23.5. The Hall–Kier alpha value is 0.412. The molecule has 0 aromatic rings. The highest BCUT2D eigenvalue weighted by Gasteiger charge is 2.34. The highest BCUT2D eigenvalue weighted by molar-refractivity contribution is 5.75. The molecule has 0 aromatic carbocycles. The lowest BCUT2D eigenvalue weighted by molar-refractivity contribution is 0.0546. The van der Waals surface area contributed by atoms with E-state index >= 15 is 0 Å². The lowest BCUT2D eigenvalue weighted by atomic mass is 9.81. The predicted octanol–water partition coefficient (Wildman–Crippen LogP) is 6.00. The number of piperidine rings is 3. The molecule has 31 heavy (non-hydrogen) atoms. The molecule has 3 fully saturated rings. The molecule has 3 rings (SSSR count). The Morgan fingerprint density at radius 2 is 0.677 bits per heavy atom. The lowest BCUT2D eigenvalue weighted by Gasteiger charge is -2.44. The summed E-state index contributed by atoms with van der Waals surface area (Å²) in [4.78, 5) is 7.42. The molecule has 0 saturated carbocycles. The molecule has 0 bridgehead atoms. The average molecular weight is 451 g/mol. The summed E-state index contributed by atoms with van der Waals surface area (Å²) >= 11 is 0. The van der Waals surface area contributed by atoms with Crippen LogP contribution in [0.4, 0.5) is 0 Å². The highest BCUT2D eigenvalue weighted by Crippen LogP contribution is 2.32. The van der Waals surface area contributed by atoms with Gasteiger partial charge in [-0.05, 0) is 139 Å². The van der Waals surface area contributed by atoms with Crippen molar-refractivity contribution in [3.63, 3.8) is 0 Å². The molecule has 0 aliphatic carbocycles. The fourth-order valence-corrected chi connectivity index (χ4v) is 4.96. The van der Waals surface area contributed by atoms with Crippen LogP contribution < -0.4 is 0 Å². The van der Waals surface area contributed by atoms with Gasteiger partial charge in [0.25, 0.3) is 0 Å². The number of hydrogen-bond acceptors (Lipinski definition) is 3. The van der Waals surface area contributed by atoms with Crippen molar-refractivity contribution in [2.45, 2.75) is 117 Å². The summed E-state index contributed by atoms with van der Waals surface area (Å²) in [5, 5.41) is 0. The number of rotatable bonds is 0. The normalized spacial score (nSPS) is 33.1. The molecule has 3 unspecified atom stereocenters. The minimum absolute atomic E-state index is 0. The van der Waals surface area contributed by atoms with E-state index in [4.69, 9.17) is 0 Å². The molecule has 0 amide bonds. The van der Waals surface area contributed by atoms with Crippen molar-refractivity contribution in [2.24, 2.45) is 17.8 Å². The fraction of sp³-hybridized carbons (Fsp3) is 1.00. The van der Waals surface area contributed by atoms with E-state index in [-0.39, 0.29) is 17.4 Å². The van der Waals surface area contributed by atoms with Crippen molar-refractivity contribution in [1.29, 1.82) is 0 Å². The second-order valence-electron chi connectivity index (χ2n) is 12.4. The van der Waals surface area contributed by atoms with E-state index in [1.54, 1.807) is 0 Å². The van der Waals surface area contributed by atoms with Crippen LogP contribution in [0.15, 0.2) is 0 Å². The Bertz CT molecular complexity index is 395. The van der Waals surface area contributed by atoms with Crippen molar-refractivity contribution in [3.8, 4) is 0 Å². The second-order valence-corrected chi connectivity index (χ2v) is 12.4. The molecule has 0 N–H and O–H groups in total. The predicted molar refractivity (Wildman–Crippen MR) is 141 cm³/mol. The topological polar surface area (TPSA) is 9.72 Å². The van der Waals surface area contributed by atoms with Crippen molar-refractivity contribution < 1.29 is 0 Å². The van der Waals surface area contributed by atoms with Crippen LogP contribution in [0, 0.1) is 17.8 Å². The third-order valence-corrected chi connectivity index (χ3v) is 9.96. The van der Waals surface area contributed by atoms with Crippen LogP contribution in [0.2, 0.25) is 0 Å². The van der Waals surface area contributed by atoms with Gasteiger partial charge in [0.15, 0.2) is 0 Å². The summed E-state index contributed by atoms with van der Waals surface area (Å²) in [6, 6.07) is 0. The monoisotopic (exact) mass is 450 g/mol. The molecule has 0 aromatic heterocycles. The Kier molecular flexibility index (Phi) is 12.9. The fourth-order valence-electron chi connectivity index (χ4n) is 4.96. The van der Waals surface area contributed by atoms with Crippen LogP contribution in [0.3, 0.4) is 0 Å². The van der Waals surface area contributed by atoms with E-state index in [0.717, 1.165) is 17.8 Å². The summed E-state index contributed by atoms with van der Waals surface area (Å²) in [5.41, 5.74) is 1.29. The van der Waals surface area contributed by atoms with Crippen LogP contribution in [0.1, 0.15) is 101 Å². The molecule has 3 nitrogen and oxygen atoms in total. The molecule has 3 atom stereocenters. The zero-order valence-corrected chi connectivity index (χ0v) is 24.7. The SMILES string of the molecule is CC1CCCN(C)C1(C)C.CC1CCCN(C)C1(C)C.CC1CCCN(C)C1(C)C.[Al]. The summed E-state index contributed by atoms with van der Waals surface area (Å²) in [6.07, 6.45) is 8.33. The first-order valence-electron chi connectivity index (χ1n) is 12.8. The van der Waals surface area contributed by atoms with Crippen molar-refractivity contribution >= 4 is 17.4 Å². The van der Waals surface area contributed by atoms with E-state index in [0.29, 0.717) is 16.6 Å². The summed E-state index contributed by atoms with van der Waals surface area (Å²) in [7, 11) is 6.70. The molecule has 3 heterocycles. The van der Waals surface area contributed by atoms with Crippen molar-refractivity contribution in [1.82, 2.24) is 14.7 Å². The molecule has 3 radical (unpaired) electrons. The summed E-state index contributed by atoms with van der Waals surface area (Å²) in [5.74, 6) is 2.56. The van der Waals surface area contributed by atoms with E-state index in [1.807, 2.05) is 0 Å². The third kappa shape index (κ3) is 8.29. The van der Waals surface area contributed by atoms with Crippen LogP contribution >= 0.6 is 0 Å². The first-order valence-corrected chi connectivity index (χ1v) is 12.8. The van der Waals surface area contributed by atoms with Crippen molar-refractivity contribution in [3.05, 3.63) is 0 Å². The highest BCUT2D eigenvalue weighted by atomic mass is 27.0. The minimum Gasteiger partial charge on any atom is -0.301 e. The van der Waals surface area contributed by atoms with Crippen LogP contribution in [0.5, 0.6) is 0 Å². The van der Waals surface area contributed by atoms with Gasteiger partial charge in [-0.25, -0.2) is 0 Å². The van der Waals surface area contributed by atoms with Crippen LogP contribution in [-0.4, -0.2) is 89.5 Å². The molecular weight excluding hydrogens is 393 g/mol. The van der Waals surface area contributed by atoms with Crippen LogP contribution in [-0.2, 0) is 0 Å². The molecule has 3 aliphatic rings. The molecule has 183 valence electrons. The largest absolute Gasteiger partial charge is 0.301 e. The Morgan fingerprint density at radius 3 is 0.806 bits per heavy atom. The van der Waals surface area contributed by atoms with Gasteiger partial charge in [0, 0.05) is 34.0 Å². The molecule has 0 spiro atoms. The average Bonchev–Trinajstić information content (AvgIpc) is 2.64. The maximum Gasteiger partial charge on any atom is 0.0175 e. The smallest absolute Gasteiger partial charge is 0.0175 e. The maximum absolute atomic E-state index is 2.47. The first kappa shape index (κ1) is 31.4. The third-order valence-electron chi connectivity index (χ3n) is 9.96. The van der Waals surface area contributed by atoms with Gasteiger partial charge in [0.05, 0.1) is 0 Å². The lowest BCUT2D eigenvalue weighted by Crippen LogP contribution is -2.49. The number of hydrogen-bond donors (Lipinski definition) is 0. The van der Waals surface area contributed by atoms with Gasteiger partial charge in [0.1, 0.15) is 0 Å². The Labute approximate surface area is 207 Å².